The third-order valence-corrected chi connectivity index (χ3v) is 3.97. The van der Waals surface area contributed by atoms with Crippen LogP contribution in [0.15, 0.2) is 48.7 Å². The Balaban J connectivity index is 1.81. The molecule has 0 atom stereocenters. The fraction of sp³-hybridized carbons (Fsp3) is 0.118. The van der Waals surface area contributed by atoms with E-state index < -0.39 is 17.6 Å². The molecule has 1 N–H and O–H groups in total. The van der Waals surface area contributed by atoms with Crippen LogP contribution in [0.2, 0.25) is 5.02 Å². The number of halogens is 4. The summed E-state index contributed by atoms with van der Waals surface area (Å²) >= 11 is 5.89. The van der Waals surface area contributed by atoms with Crippen LogP contribution in [0.5, 0.6) is 0 Å². The Bertz CT molecular complexity index is 951. The van der Waals surface area contributed by atoms with Gasteiger partial charge in [0.2, 0.25) is 0 Å². The van der Waals surface area contributed by atoms with Crippen molar-refractivity contribution in [3.05, 3.63) is 70.5 Å². The first kappa shape index (κ1) is 17.9. The molecule has 26 heavy (non-hydrogen) atoms. The van der Waals surface area contributed by atoms with Gasteiger partial charge in [0.25, 0.3) is 5.91 Å². The maximum absolute atomic E-state index is 12.8. The highest BCUT2D eigenvalue weighted by Crippen LogP contribution is 2.34. The van der Waals surface area contributed by atoms with Gasteiger partial charge in [0, 0.05) is 5.56 Å². The molecule has 0 saturated carbocycles. The number of hydrogen-bond donors (Lipinski definition) is 1. The molecule has 134 valence electrons. The van der Waals surface area contributed by atoms with Crippen molar-refractivity contribution in [3.8, 4) is 5.69 Å². The van der Waals surface area contributed by atoms with Crippen molar-refractivity contribution in [2.45, 2.75) is 13.1 Å². The average Bonchev–Trinajstić information content (AvgIpc) is 3.02. The Morgan fingerprint density at radius 3 is 2.42 bits per heavy atom. The maximum Gasteiger partial charge on any atom is 0.416 e. The zero-order valence-electron chi connectivity index (χ0n) is 13.4. The van der Waals surface area contributed by atoms with Crippen LogP contribution in [0.25, 0.3) is 5.69 Å². The first-order valence-electron chi connectivity index (χ1n) is 7.41. The van der Waals surface area contributed by atoms with Gasteiger partial charge in [-0.3, -0.25) is 4.79 Å². The van der Waals surface area contributed by atoms with E-state index >= 15 is 0 Å². The molecule has 3 rings (SSSR count). The van der Waals surface area contributed by atoms with Gasteiger partial charge >= 0.3 is 6.18 Å². The molecule has 0 radical (unpaired) electrons. The molecule has 0 unspecified atom stereocenters. The summed E-state index contributed by atoms with van der Waals surface area (Å²) in [4.78, 5) is 12.3. The molecule has 1 aromatic heterocycles. The monoisotopic (exact) mass is 380 g/mol. The van der Waals surface area contributed by atoms with Crippen LogP contribution in [0, 0.1) is 6.92 Å². The summed E-state index contributed by atoms with van der Waals surface area (Å²) < 4.78 is 40.0. The van der Waals surface area contributed by atoms with Gasteiger partial charge in [-0.1, -0.05) is 16.8 Å². The second-order valence-electron chi connectivity index (χ2n) is 5.48. The Kier molecular flexibility index (Phi) is 4.69. The number of carbonyl (C=O) groups is 1. The van der Waals surface area contributed by atoms with Crippen LogP contribution in [0.3, 0.4) is 0 Å². The van der Waals surface area contributed by atoms with E-state index in [0.717, 1.165) is 23.9 Å². The van der Waals surface area contributed by atoms with Gasteiger partial charge in [-0.15, -0.1) is 5.10 Å². The molecule has 0 aliphatic rings. The Labute approximate surface area is 151 Å². The zero-order valence-corrected chi connectivity index (χ0v) is 14.1. The highest BCUT2D eigenvalue weighted by Gasteiger charge is 2.31. The molecule has 5 nitrogen and oxygen atoms in total. The standard InChI is InChI=1S/C17H12ClF3N4O/c1-10-9-22-24-25(10)13-5-2-11(3-6-13)16(26)23-15-8-12(17(19,20)21)4-7-14(15)18/h2-9H,1H3,(H,23,26). The van der Waals surface area contributed by atoms with Crippen molar-refractivity contribution in [3.63, 3.8) is 0 Å². The van der Waals surface area contributed by atoms with Gasteiger partial charge in [-0.05, 0) is 49.4 Å². The molecule has 1 amide bonds. The number of amides is 1. The lowest BCUT2D eigenvalue weighted by Crippen LogP contribution is -2.14. The third kappa shape index (κ3) is 3.70. The van der Waals surface area contributed by atoms with E-state index in [-0.39, 0.29) is 16.3 Å². The summed E-state index contributed by atoms with van der Waals surface area (Å²) in [5.41, 5.74) is 0.781. The second-order valence-corrected chi connectivity index (χ2v) is 5.89. The summed E-state index contributed by atoms with van der Waals surface area (Å²) in [5, 5.41) is 10.1. The van der Waals surface area contributed by atoms with Crippen LogP contribution in [-0.4, -0.2) is 20.9 Å². The van der Waals surface area contributed by atoms with Crippen LogP contribution < -0.4 is 5.32 Å². The van der Waals surface area contributed by atoms with Crippen LogP contribution >= 0.6 is 11.6 Å². The average molecular weight is 381 g/mol. The van der Waals surface area contributed by atoms with Crippen molar-refractivity contribution >= 4 is 23.2 Å². The summed E-state index contributed by atoms with van der Waals surface area (Å²) in [5.74, 6) is -0.576. The minimum absolute atomic E-state index is 0.0150. The van der Waals surface area contributed by atoms with Crippen molar-refractivity contribution in [1.29, 1.82) is 0 Å². The number of hydrogen-bond acceptors (Lipinski definition) is 3. The number of aromatic nitrogens is 3. The Morgan fingerprint density at radius 1 is 1.15 bits per heavy atom. The SMILES string of the molecule is Cc1cnnn1-c1ccc(C(=O)Nc2cc(C(F)(F)F)ccc2Cl)cc1. The predicted octanol–water partition coefficient (Wildman–Crippen LogP) is 4.50. The number of alkyl halides is 3. The summed E-state index contributed by atoms with van der Waals surface area (Å²) in [6.45, 7) is 1.83. The van der Waals surface area contributed by atoms with E-state index in [0.29, 0.717) is 5.69 Å². The molecule has 0 fully saturated rings. The summed E-state index contributed by atoms with van der Waals surface area (Å²) in [6, 6.07) is 9.13. The van der Waals surface area contributed by atoms with Gasteiger partial charge in [0.05, 0.1) is 33.9 Å². The molecule has 0 aliphatic carbocycles. The lowest BCUT2D eigenvalue weighted by molar-refractivity contribution is -0.137. The molecule has 0 spiro atoms. The van der Waals surface area contributed by atoms with E-state index in [1.807, 2.05) is 6.92 Å². The summed E-state index contributed by atoms with van der Waals surface area (Å²) in [7, 11) is 0. The first-order chi connectivity index (χ1) is 12.3. The van der Waals surface area contributed by atoms with E-state index in [4.69, 9.17) is 11.6 Å². The smallest absolute Gasteiger partial charge is 0.321 e. The molecule has 9 heteroatoms. The highest BCUT2D eigenvalue weighted by atomic mass is 35.5. The number of anilines is 1. The largest absolute Gasteiger partial charge is 0.416 e. The number of nitrogens with zero attached hydrogens (tertiary/aromatic N) is 3. The van der Waals surface area contributed by atoms with E-state index in [9.17, 15) is 18.0 Å². The second kappa shape index (κ2) is 6.80. The maximum atomic E-state index is 12.8. The molecular weight excluding hydrogens is 369 g/mol. The van der Waals surface area contributed by atoms with Crippen molar-refractivity contribution < 1.29 is 18.0 Å². The van der Waals surface area contributed by atoms with Gasteiger partial charge in [0.15, 0.2) is 0 Å². The number of nitrogens with one attached hydrogen (secondary N) is 1. The molecule has 3 aromatic rings. The fourth-order valence-electron chi connectivity index (χ4n) is 2.29. The van der Waals surface area contributed by atoms with Crippen LogP contribution in [0.1, 0.15) is 21.6 Å². The molecule has 1 heterocycles. The normalized spacial score (nSPS) is 11.4. The lowest BCUT2D eigenvalue weighted by Gasteiger charge is -2.12. The molecular formula is C17H12ClF3N4O. The number of rotatable bonds is 3. The third-order valence-electron chi connectivity index (χ3n) is 3.64. The van der Waals surface area contributed by atoms with E-state index in [1.54, 1.807) is 23.0 Å². The quantitative estimate of drug-likeness (QED) is 0.727. The number of aryl methyl sites for hydroxylation is 1. The topological polar surface area (TPSA) is 59.8 Å². The molecule has 0 aliphatic heterocycles. The molecule has 0 saturated heterocycles. The number of benzene rings is 2. The molecule has 2 aromatic carbocycles. The first-order valence-corrected chi connectivity index (χ1v) is 7.79. The highest BCUT2D eigenvalue weighted by molar-refractivity contribution is 6.34. The van der Waals surface area contributed by atoms with Crippen LogP contribution in [-0.2, 0) is 6.18 Å². The van der Waals surface area contributed by atoms with Gasteiger partial charge in [-0.2, -0.15) is 13.2 Å². The Hall–Kier alpha value is -2.87. The summed E-state index contributed by atoms with van der Waals surface area (Å²) in [6.07, 6.45) is -2.93. The Morgan fingerprint density at radius 2 is 1.85 bits per heavy atom. The minimum Gasteiger partial charge on any atom is -0.321 e. The predicted molar refractivity (Wildman–Crippen MR) is 90.5 cm³/mol. The van der Waals surface area contributed by atoms with Crippen molar-refractivity contribution in [2.24, 2.45) is 0 Å². The van der Waals surface area contributed by atoms with Gasteiger partial charge in [-0.25, -0.2) is 4.68 Å². The van der Waals surface area contributed by atoms with E-state index in [2.05, 4.69) is 15.6 Å². The fourth-order valence-corrected chi connectivity index (χ4v) is 2.45. The van der Waals surface area contributed by atoms with E-state index in [1.165, 1.54) is 12.1 Å². The molecule has 0 bridgehead atoms. The van der Waals surface area contributed by atoms with Crippen molar-refractivity contribution in [2.75, 3.05) is 5.32 Å². The minimum atomic E-state index is -4.53. The van der Waals surface area contributed by atoms with Gasteiger partial charge in [0.1, 0.15) is 0 Å². The number of carbonyl (C=O) groups excluding carboxylic acids is 1. The van der Waals surface area contributed by atoms with Crippen molar-refractivity contribution in [1.82, 2.24) is 15.0 Å². The van der Waals surface area contributed by atoms with Gasteiger partial charge < -0.3 is 5.32 Å². The van der Waals surface area contributed by atoms with Crippen LogP contribution in [0.4, 0.5) is 18.9 Å². The zero-order chi connectivity index (χ0) is 18.9. The lowest BCUT2D eigenvalue weighted by atomic mass is 10.1.